The van der Waals surface area contributed by atoms with Crippen molar-refractivity contribution in [3.8, 4) is 23.1 Å². The van der Waals surface area contributed by atoms with Crippen LogP contribution in [0.1, 0.15) is 16.3 Å². The Labute approximate surface area is 161 Å². The highest BCUT2D eigenvalue weighted by Gasteiger charge is 2.29. The van der Waals surface area contributed by atoms with Crippen LogP contribution >= 0.6 is 11.3 Å². The van der Waals surface area contributed by atoms with E-state index < -0.39 is 0 Å². The van der Waals surface area contributed by atoms with Gasteiger partial charge in [-0.3, -0.25) is 14.5 Å². The number of amides is 2. The number of likely N-dealkylation sites (N-methyl/N-ethyl adjacent to an activating group) is 1. The van der Waals surface area contributed by atoms with Gasteiger partial charge in [0.1, 0.15) is 12.3 Å². The Balaban J connectivity index is 1.91. The van der Waals surface area contributed by atoms with E-state index in [4.69, 9.17) is 10.00 Å². The summed E-state index contributed by atoms with van der Waals surface area (Å²) in [6.07, 6.45) is 0.252. The molecule has 0 saturated heterocycles. The predicted molar refractivity (Wildman–Crippen MR) is 103 cm³/mol. The molecule has 2 heterocycles. The summed E-state index contributed by atoms with van der Waals surface area (Å²) < 4.78 is 5.52. The molecule has 1 aromatic carbocycles. The number of rotatable bonds is 5. The minimum Gasteiger partial charge on any atom is -0.482 e. The highest BCUT2D eigenvalue weighted by atomic mass is 32.1. The van der Waals surface area contributed by atoms with Crippen molar-refractivity contribution in [2.45, 2.75) is 20.3 Å². The number of thiazole rings is 1. The second-order valence-corrected chi connectivity index (χ2v) is 7.72. The van der Waals surface area contributed by atoms with Gasteiger partial charge in [0.2, 0.25) is 5.91 Å². The molecule has 8 heteroatoms. The first kappa shape index (κ1) is 18.9. The van der Waals surface area contributed by atoms with E-state index in [2.05, 4.69) is 4.98 Å². The van der Waals surface area contributed by atoms with Gasteiger partial charge in [-0.15, -0.1) is 11.3 Å². The second-order valence-electron chi connectivity index (χ2n) is 6.31. The molecule has 0 N–H and O–H groups in total. The lowest BCUT2D eigenvalue weighted by atomic mass is 10.1. The van der Waals surface area contributed by atoms with Crippen LogP contribution in [0.4, 0.5) is 5.69 Å². The first-order chi connectivity index (χ1) is 12.9. The number of hydrogen-bond donors (Lipinski definition) is 0. The van der Waals surface area contributed by atoms with Crippen molar-refractivity contribution in [1.82, 2.24) is 9.88 Å². The lowest BCUT2D eigenvalue weighted by Gasteiger charge is -2.30. The summed E-state index contributed by atoms with van der Waals surface area (Å²) in [7, 11) is 1.63. The van der Waals surface area contributed by atoms with Crippen molar-refractivity contribution < 1.29 is 14.3 Å². The molecule has 0 unspecified atom stereocenters. The number of aryl methyl sites for hydroxylation is 2. The number of hydrogen-bond acceptors (Lipinski definition) is 6. The van der Waals surface area contributed by atoms with Gasteiger partial charge in [-0.25, -0.2) is 4.98 Å². The summed E-state index contributed by atoms with van der Waals surface area (Å²) in [6, 6.07) is 7.58. The molecular formula is C19H20N4O3S. The van der Waals surface area contributed by atoms with E-state index in [9.17, 15) is 9.59 Å². The summed E-state index contributed by atoms with van der Waals surface area (Å²) in [5.41, 5.74) is 2.32. The van der Waals surface area contributed by atoms with Gasteiger partial charge in [-0.1, -0.05) is 0 Å². The number of aromatic nitrogens is 1. The maximum atomic E-state index is 12.5. The minimum atomic E-state index is -0.270. The van der Waals surface area contributed by atoms with Gasteiger partial charge in [-0.05, 0) is 32.0 Å². The van der Waals surface area contributed by atoms with Crippen LogP contribution in [0.2, 0.25) is 0 Å². The van der Waals surface area contributed by atoms with E-state index in [1.165, 1.54) is 9.80 Å². The first-order valence-corrected chi connectivity index (χ1v) is 9.35. The zero-order valence-corrected chi connectivity index (χ0v) is 16.3. The third kappa shape index (κ3) is 3.93. The maximum Gasteiger partial charge on any atom is 0.265 e. The summed E-state index contributed by atoms with van der Waals surface area (Å²) >= 11 is 1.61. The molecule has 3 rings (SSSR count). The molecule has 140 valence electrons. The van der Waals surface area contributed by atoms with Gasteiger partial charge < -0.3 is 9.64 Å². The van der Waals surface area contributed by atoms with Crippen LogP contribution in [0.5, 0.6) is 5.75 Å². The topological polar surface area (TPSA) is 86.5 Å². The lowest BCUT2D eigenvalue weighted by molar-refractivity contribution is -0.130. The van der Waals surface area contributed by atoms with E-state index in [1.54, 1.807) is 18.4 Å². The van der Waals surface area contributed by atoms with Crippen molar-refractivity contribution in [1.29, 1.82) is 5.26 Å². The van der Waals surface area contributed by atoms with Crippen molar-refractivity contribution in [3.63, 3.8) is 0 Å². The quantitative estimate of drug-likeness (QED) is 0.791. The monoisotopic (exact) mass is 384 g/mol. The SMILES string of the molecule is Cc1nc(-c2ccc3c(c2)N(CC(=O)N(C)CCC#N)C(=O)CO3)c(C)s1. The fourth-order valence-corrected chi connectivity index (χ4v) is 3.76. The molecule has 0 bridgehead atoms. The maximum absolute atomic E-state index is 12.5. The highest BCUT2D eigenvalue weighted by Crippen LogP contribution is 2.37. The van der Waals surface area contributed by atoms with E-state index in [-0.39, 0.29) is 31.4 Å². The van der Waals surface area contributed by atoms with Crippen LogP contribution < -0.4 is 9.64 Å². The second kappa shape index (κ2) is 7.76. The molecule has 2 aromatic rings. The summed E-state index contributed by atoms with van der Waals surface area (Å²) in [4.78, 5) is 33.4. The molecular weight excluding hydrogens is 364 g/mol. The Bertz CT molecular complexity index is 932. The van der Waals surface area contributed by atoms with Crippen LogP contribution in [0.15, 0.2) is 18.2 Å². The van der Waals surface area contributed by atoms with E-state index >= 15 is 0 Å². The summed E-state index contributed by atoms with van der Waals surface area (Å²) in [5, 5.41) is 9.65. The Morgan fingerprint density at radius 2 is 2.22 bits per heavy atom. The number of benzene rings is 1. The fraction of sp³-hybridized carbons (Fsp3) is 0.368. The summed E-state index contributed by atoms with van der Waals surface area (Å²) in [5.74, 6) is 0.0702. The Morgan fingerprint density at radius 1 is 1.44 bits per heavy atom. The lowest BCUT2D eigenvalue weighted by Crippen LogP contribution is -2.45. The normalized spacial score (nSPS) is 13.0. The Morgan fingerprint density at radius 3 is 2.89 bits per heavy atom. The minimum absolute atomic E-state index is 0.0876. The Kier molecular flexibility index (Phi) is 5.42. The van der Waals surface area contributed by atoms with Gasteiger partial charge in [0.05, 0.1) is 28.9 Å². The van der Waals surface area contributed by atoms with Crippen LogP contribution in [-0.4, -0.2) is 48.4 Å². The highest BCUT2D eigenvalue weighted by molar-refractivity contribution is 7.11. The molecule has 7 nitrogen and oxygen atoms in total. The van der Waals surface area contributed by atoms with Crippen LogP contribution in [-0.2, 0) is 9.59 Å². The molecule has 0 aliphatic carbocycles. The number of fused-ring (bicyclic) bond motifs is 1. The van der Waals surface area contributed by atoms with Crippen molar-refractivity contribution in [2.75, 3.05) is 31.6 Å². The summed E-state index contributed by atoms with van der Waals surface area (Å²) in [6.45, 7) is 4.10. The number of nitriles is 1. The number of nitrogens with zero attached hydrogens (tertiary/aromatic N) is 4. The van der Waals surface area contributed by atoms with E-state index in [0.29, 0.717) is 18.0 Å². The fourth-order valence-electron chi connectivity index (χ4n) is 2.92. The van der Waals surface area contributed by atoms with Crippen LogP contribution in [0.3, 0.4) is 0 Å². The third-order valence-corrected chi connectivity index (χ3v) is 5.24. The van der Waals surface area contributed by atoms with Crippen LogP contribution in [0, 0.1) is 25.2 Å². The molecule has 0 atom stereocenters. The van der Waals surface area contributed by atoms with Gasteiger partial charge in [0.25, 0.3) is 5.91 Å². The number of carbonyl (C=O) groups is 2. The predicted octanol–water partition coefficient (Wildman–Crippen LogP) is 2.52. The zero-order chi connectivity index (χ0) is 19.6. The molecule has 1 aromatic heterocycles. The average molecular weight is 384 g/mol. The van der Waals surface area contributed by atoms with Crippen molar-refractivity contribution >= 4 is 28.8 Å². The molecule has 1 aliphatic rings. The van der Waals surface area contributed by atoms with Gasteiger partial charge in [-0.2, -0.15) is 5.26 Å². The molecule has 0 radical (unpaired) electrons. The first-order valence-electron chi connectivity index (χ1n) is 8.53. The van der Waals surface area contributed by atoms with E-state index in [0.717, 1.165) is 21.1 Å². The number of carbonyl (C=O) groups excluding carboxylic acids is 2. The molecule has 1 aliphatic heterocycles. The van der Waals surface area contributed by atoms with Crippen LogP contribution in [0.25, 0.3) is 11.3 Å². The third-order valence-electron chi connectivity index (χ3n) is 4.36. The average Bonchev–Trinajstić information content (AvgIpc) is 2.99. The van der Waals surface area contributed by atoms with Gasteiger partial charge in [0.15, 0.2) is 6.61 Å². The molecule has 0 saturated carbocycles. The molecule has 2 amide bonds. The molecule has 27 heavy (non-hydrogen) atoms. The van der Waals surface area contributed by atoms with Crippen molar-refractivity contribution in [3.05, 3.63) is 28.1 Å². The zero-order valence-electron chi connectivity index (χ0n) is 15.5. The van der Waals surface area contributed by atoms with E-state index in [1.807, 2.05) is 38.1 Å². The van der Waals surface area contributed by atoms with Gasteiger partial charge >= 0.3 is 0 Å². The largest absolute Gasteiger partial charge is 0.482 e. The van der Waals surface area contributed by atoms with Crippen molar-refractivity contribution in [2.24, 2.45) is 0 Å². The smallest absolute Gasteiger partial charge is 0.265 e. The molecule has 0 fully saturated rings. The Hall–Kier alpha value is -2.92. The van der Waals surface area contributed by atoms with Gasteiger partial charge in [0, 0.05) is 24.0 Å². The molecule has 0 spiro atoms. The standard InChI is InChI=1S/C19H20N4O3S/c1-12-19(21-13(2)27-12)14-5-6-16-15(9-14)23(18(25)11-26-16)10-17(24)22(3)8-4-7-20/h5-6,9H,4,8,10-11H2,1-3H3. The number of ether oxygens (including phenoxy) is 1. The number of anilines is 1.